The lowest BCUT2D eigenvalue weighted by molar-refractivity contribution is -0.142. The summed E-state index contributed by atoms with van der Waals surface area (Å²) in [6.07, 6.45) is 3.59. The topological polar surface area (TPSA) is 92.8 Å². The number of methoxy groups -OCH3 is 1. The molecule has 3 rings (SSSR count). The monoisotopic (exact) mass is 373 g/mol. The summed E-state index contributed by atoms with van der Waals surface area (Å²) in [7, 11) is 1.43. The Labute approximate surface area is 156 Å². The van der Waals surface area contributed by atoms with Crippen LogP contribution < -0.4 is 11.2 Å². The largest absolute Gasteiger partial charge is 0.468 e. The molecule has 138 valence electrons. The number of aromatic nitrogens is 1. The van der Waals surface area contributed by atoms with Crippen LogP contribution in [0.2, 0.25) is 0 Å². The molecule has 26 heavy (non-hydrogen) atoms. The molecule has 0 amide bonds. The van der Waals surface area contributed by atoms with Gasteiger partial charge in [-0.05, 0) is 18.4 Å². The van der Waals surface area contributed by atoms with Gasteiger partial charge in [0.15, 0.2) is 5.13 Å². The second-order valence-electron chi connectivity index (χ2n) is 6.21. The molecule has 0 atom stereocenters. The molecule has 1 aromatic carbocycles. The number of likely N-dealkylation sites (tertiary alicyclic amines) is 1. The predicted octanol–water partition coefficient (Wildman–Crippen LogP) is 2.15. The van der Waals surface area contributed by atoms with Crippen LogP contribution in [0, 0.1) is 0 Å². The number of carbonyl (C=O) groups is 1. The third-order valence-corrected chi connectivity index (χ3v) is 5.20. The van der Waals surface area contributed by atoms with Gasteiger partial charge in [0.05, 0.1) is 25.6 Å². The SMILES string of the molecule is COC(=O)CN1CCC(Nc2nc(-c3ccc(C=NN)cc3)cs2)CC1. The number of nitrogens with zero attached hydrogens (tertiary/aromatic N) is 3. The van der Waals surface area contributed by atoms with E-state index in [4.69, 9.17) is 15.6 Å². The first-order valence-corrected chi connectivity index (χ1v) is 9.41. The summed E-state index contributed by atoms with van der Waals surface area (Å²) >= 11 is 1.61. The van der Waals surface area contributed by atoms with Gasteiger partial charge in [0.1, 0.15) is 0 Å². The van der Waals surface area contributed by atoms with Gasteiger partial charge in [-0.2, -0.15) is 5.10 Å². The Bertz CT molecular complexity index is 751. The fourth-order valence-electron chi connectivity index (χ4n) is 2.96. The van der Waals surface area contributed by atoms with Crippen LogP contribution >= 0.6 is 11.3 Å². The summed E-state index contributed by atoms with van der Waals surface area (Å²) in [6.45, 7) is 2.14. The van der Waals surface area contributed by atoms with Gasteiger partial charge < -0.3 is 15.9 Å². The number of nitrogens with two attached hydrogens (primary N) is 1. The third-order valence-electron chi connectivity index (χ3n) is 4.43. The number of hydrogen-bond acceptors (Lipinski definition) is 8. The first-order chi connectivity index (χ1) is 12.7. The highest BCUT2D eigenvalue weighted by atomic mass is 32.1. The number of nitrogens with one attached hydrogen (secondary N) is 1. The average Bonchev–Trinajstić information content (AvgIpc) is 3.12. The second-order valence-corrected chi connectivity index (χ2v) is 7.07. The maximum absolute atomic E-state index is 11.3. The van der Waals surface area contributed by atoms with Gasteiger partial charge in [0.2, 0.25) is 0 Å². The van der Waals surface area contributed by atoms with Crippen molar-refractivity contribution < 1.29 is 9.53 Å². The Morgan fingerprint density at radius 2 is 2.15 bits per heavy atom. The number of rotatable bonds is 6. The van der Waals surface area contributed by atoms with Crippen LogP contribution in [0.1, 0.15) is 18.4 Å². The van der Waals surface area contributed by atoms with Gasteiger partial charge in [0.25, 0.3) is 0 Å². The number of anilines is 1. The van der Waals surface area contributed by atoms with E-state index in [1.807, 2.05) is 24.3 Å². The zero-order chi connectivity index (χ0) is 18.4. The van der Waals surface area contributed by atoms with Gasteiger partial charge in [-0.15, -0.1) is 11.3 Å². The van der Waals surface area contributed by atoms with Gasteiger partial charge in [-0.25, -0.2) is 4.98 Å². The highest BCUT2D eigenvalue weighted by Gasteiger charge is 2.21. The van der Waals surface area contributed by atoms with Crippen molar-refractivity contribution in [3.05, 3.63) is 35.2 Å². The lowest BCUT2D eigenvalue weighted by atomic mass is 10.1. The van der Waals surface area contributed by atoms with Crippen molar-refractivity contribution >= 4 is 28.7 Å². The molecule has 1 aliphatic heterocycles. The molecule has 2 aromatic rings. The lowest BCUT2D eigenvalue weighted by Gasteiger charge is -2.31. The van der Waals surface area contributed by atoms with E-state index in [2.05, 4.69) is 20.7 Å². The van der Waals surface area contributed by atoms with Crippen molar-refractivity contribution in [3.63, 3.8) is 0 Å². The van der Waals surface area contributed by atoms with Crippen LogP contribution in [-0.4, -0.2) is 54.9 Å². The molecule has 0 saturated carbocycles. The maximum atomic E-state index is 11.3. The van der Waals surface area contributed by atoms with Crippen LogP contribution in [0.4, 0.5) is 5.13 Å². The molecule has 0 spiro atoms. The molecular formula is C18H23N5O2S. The molecule has 1 saturated heterocycles. The van der Waals surface area contributed by atoms with E-state index in [0.29, 0.717) is 12.6 Å². The minimum absolute atomic E-state index is 0.176. The Morgan fingerprint density at radius 3 is 2.81 bits per heavy atom. The molecule has 0 aliphatic carbocycles. The summed E-state index contributed by atoms with van der Waals surface area (Å²) in [6, 6.07) is 8.35. The van der Waals surface area contributed by atoms with E-state index < -0.39 is 0 Å². The van der Waals surface area contributed by atoms with Crippen molar-refractivity contribution in [1.82, 2.24) is 9.88 Å². The molecule has 0 bridgehead atoms. The molecule has 0 radical (unpaired) electrons. The van der Waals surface area contributed by atoms with Gasteiger partial charge in [-0.3, -0.25) is 9.69 Å². The number of hydrogen-bond donors (Lipinski definition) is 2. The Kier molecular flexibility index (Phi) is 6.19. The summed E-state index contributed by atoms with van der Waals surface area (Å²) < 4.78 is 4.72. The van der Waals surface area contributed by atoms with Crippen molar-refractivity contribution in [1.29, 1.82) is 0 Å². The van der Waals surface area contributed by atoms with Crippen molar-refractivity contribution in [3.8, 4) is 11.3 Å². The number of piperidine rings is 1. The number of ether oxygens (including phenoxy) is 1. The number of benzene rings is 1. The molecule has 2 heterocycles. The first-order valence-electron chi connectivity index (χ1n) is 8.53. The number of thiazole rings is 1. The van der Waals surface area contributed by atoms with Crippen LogP contribution in [-0.2, 0) is 9.53 Å². The normalized spacial score (nSPS) is 16.0. The van der Waals surface area contributed by atoms with E-state index in [-0.39, 0.29) is 5.97 Å². The second kappa shape index (κ2) is 8.77. The lowest BCUT2D eigenvalue weighted by Crippen LogP contribution is -2.41. The van der Waals surface area contributed by atoms with Crippen molar-refractivity contribution in [2.24, 2.45) is 10.9 Å². The van der Waals surface area contributed by atoms with Gasteiger partial charge in [-0.1, -0.05) is 24.3 Å². The summed E-state index contributed by atoms with van der Waals surface area (Å²) in [5.41, 5.74) is 2.98. The third kappa shape index (κ3) is 4.80. The molecule has 7 nitrogen and oxygen atoms in total. The van der Waals surface area contributed by atoms with Crippen LogP contribution in [0.15, 0.2) is 34.7 Å². The molecule has 1 aliphatic rings. The standard InChI is InChI=1S/C18H23N5O2S/c1-25-17(24)11-23-8-6-15(7-9-23)21-18-22-16(12-26-18)14-4-2-13(3-5-14)10-20-19/h2-5,10,12,15H,6-9,11,19H2,1H3,(H,21,22). The summed E-state index contributed by atoms with van der Waals surface area (Å²) in [4.78, 5) is 18.2. The van der Waals surface area contributed by atoms with Crippen LogP contribution in [0.25, 0.3) is 11.3 Å². The Hall–Kier alpha value is -2.45. The maximum Gasteiger partial charge on any atom is 0.319 e. The number of carbonyl (C=O) groups excluding carboxylic acids is 1. The highest BCUT2D eigenvalue weighted by Crippen LogP contribution is 2.26. The molecule has 3 N–H and O–H groups in total. The van der Waals surface area contributed by atoms with E-state index in [0.717, 1.165) is 47.9 Å². The van der Waals surface area contributed by atoms with E-state index in [9.17, 15) is 4.79 Å². The summed E-state index contributed by atoms with van der Waals surface area (Å²) in [5, 5.41) is 10.0. The molecule has 0 unspecified atom stereocenters. The summed E-state index contributed by atoms with van der Waals surface area (Å²) in [5.74, 6) is 4.99. The zero-order valence-electron chi connectivity index (χ0n) is 14.7. The van der Waals surface area contributed by atoms with Crippen LogP contribution in [0.3, 0.4) is 0 Å². The quantitative estimate of drug-likeness (QED) is 0.349. The van der Waals surface area contributed by atoms with E-state index in [1.165, 1.54) is 7.11 Å². The van der Waals surface area contributed by atoms with Crippen LogP contribution in [0.5, 0.6) is 0 Å². The average molecular weight is 373 g/mol. The van der Waals surface area contributed by atoms with E-state index >= 15 is 0 Å². The first kappa shape index (κ1) is 18.3. The molecule has 1 aromatic heterocycles. The Balaban J connectivity index is 1.53. The highest BCUT2D eigenvalue weighted by molar-refractivity contribution is 7.14. The number of esters is 1. The number of hydrazone groups is 1. The molecular weight excluding hydrogens is 350 g/mol. The fourth-order valence-corrected chi connectivity index (χ4v) is 3.75. The molecule has 1 fully saturated rings. The Morgan fingerprint density at radius 1 is 1.42 bits per heavy atom. The minimum Gasteiger partial charge on any atom is -0.468 e. The minimum atomic E-state index is -0.176. The van der Waals surface area contributed by atoms with Crippen molar-refractivity contribution in [2.75, 3.05) is 32.1 Å². The molecule has 8 heteroatoms. The fraction of sp³-hybridized carbons (Fsp3) is 0.389. The van der Waals surface area contributed by atoms with Crippen molar-refractivity contribution in [2.45, 2.75) is 18.9 Å². The van der Waals surface area contributed by atoms with Gasteiger partial charge in [0, 0.05) is 30.1 Å². The predicted molar refractivity (Wildman–Crippen MR) is 104 cm³/mol. The van der Waals surface area contributed by atoms with Gasteiger partial charge >= 0.3 is 5.97 Å². The smallest absolute Gasteiger partial charge is 0.319 e. The zero-order valence-corrected chi connectivity index (χ0v) is 15.5. The van der Waals surface area contributed by atoms with E-state index in [1.54, 1.807) is 17.6 Å².